The molecule has 0 bridgehead atoms. The predicted molar refractivity (Wildman–Crippen MR) is 133 cm³/mol. The van der Waals surface area contributed by atoms with Crippen LogP contribution in [0.2, 0.25) is 10.0 Å². The van der Waals surface area contributed by atoms with Gasteiger partial charge in [-0.05, 0) is 59.5 Å². The van der Waals surface area contributed by atoms with E-state index in [1.54, 1.807) is 7.11 Å². The van der Waals surface area contributed by atoms with Crippen LogP contribution in [0.15, 0.2) is 44.9 Å². The van der Waals surface area contributed by atoms with E-state index >= 15 is 0 Å². The van der Waals surface area contributed by atoms with E-state index in [1.807, 2.05) is 30.1 Å². The van der Waals surface area contributed by atoms with Gasteiger partial charge in [0.2, 0.25) is 0 Å². The number of pyridine rings is 1. The number of fused-ring (bicyclic) bond motifs is 1. The molecule has 0 radical (unpaired) electrons. The zero-order valence-electron chi connectivity index (χ0n) is 18.7. The molecule has 0 atom stereocenters. The highest BCUT2D eigenvalue weighted by Crippen LogP contribution is 2.43. The number of nitrogens with one attached hydrogen (secondary N) is 1. The zero-order chi connectivity index (χ0) is 26.4. The normalized spacial score (nSPS) is 12.9. The monoisotopic (exact) mass is 569 g/mol. The van der Waals surface area contributed by atoms with Crippen LogP contribution in [-0.2, 0) is 18.5 Å². The molecule has 1 aromatic heterocycles. The molecule has 36 heavy (non-hydrogen) atoms. The zero-order valence-corrected chi connectivity index (χ0v) is 21.8. The van der Waals surface area contributed by atoms with Crippen LogP contribution in [-0.4, -0.2) is 22.9 Å². The Bertz CT molecular complexity index is 1500. The molecule has 2 aromatic carbocycles. The Labute approximate surface area is 223 Å². The minimum Gasteiger partial charge on any atom is -0.496 e. The van der Waals surface area contributed by atoms with Crippen LogP contribution in [0.1, 0.15) is 38.3 Å². The Kier molecular flexibility index (Phi) is 7.26. The maximum absolute atomic E-state index is 13.9. The predicted octanol–water partition coefficient (Wildman–Crippen LogP) is 6.47. The van der Waals surface area contributed by atoms with Gasteiger partial charge in [-0.15, -0.1) is 0 Å². The van der Waals surface area contributed by atoms with Crippen molar-refractivity contribution >= 4 is 52.5 Å². The number of amides is 1. The Hall–Kier alpha value is -2.77. The van der Waals surface area contributed by atoms with Crippen molar-refractivity contribution in [2.45, 2.75) is 35.2 Å². The summed E-state index contributed by atoms with van der Waals surface area (Å²) in [5, 5.41) is 5.46. The summed E-state index contributed by atoms with van der Waals surface area (Å²) < 4.78 is 33.2. The number of nitrogens with zero attached hydrogens (tertiary/aromatic N) is 2. The molecule has 1 aliphatic heterocycles. The van der Waals surface area contributed by atoms with Gasteiger partial charge in [-0.3, -0.25) is 9.59 Å². The average molecular weight is 571 g/mol. The summed E-state index contributed by atoms with van der Waals surface area (Å²) >= 11 is 18.5. The highest BCUT2D eigenvalue weighted by atomic mass is 35.5. The largest absolute Gasteiger partial charge is 0.496 e. The number of ether oxygens (including phenoxy) is 1. The minimum atomic E-state index is -3.91. The molecule has 1 amide bonds. The highest BCUT2D eigenvalue weighted by molar-refractivity contribution is 7.99. The van der Waals surface area contributed by atoms with E-state index < -0.39 is 22.5 Å². The number of aromatic nitrogens is 1. The van der Waals surface area contributed by atoms with Gasteiger partial charge < -0.3 is 14.6 Å². The number of hydrogen-bond donors (Lipinski definition) is 1. The number of rotatable bonds is 5. The quantitative estimate of drug-likeness (QED) is 0.356. The first-order valence-corrected chi connectivity index (χ1v) is 12.3. The number of methoxy groups -OCH3 is 1. The van der Waals surface area contributed by atoms with Crippen molar-refractivity contribution in [3.8, 4) is 11.8 Å². The second-order valence-corrected chi connectivity index (χ2v) is 10.3. The molecular formula is C24H16Cl3F2N3O3S. The molecule has 0 saturated carbocycles. The molecule has 4 rings (SSSR count). The number of aromatic amines is 1. The van der Waals surface area contributed by atoms with E-state index in [9.17, 15) is 23.6 Å². The number of H-pyrrole nitrogens is 1. The fraction of sp³-hybridized carbons (Fsp3) is 0.208. The van der Waals surface area contributed by atoms with Crippen molar-refractivity contribution in [2.75, 3.05) is 7.11 Å². The Balaban J connectivity index is 1.80. The van der Waals surface area contributed by atoms with Crippen LogP contribution in [0.3, 0.4) is 0 Å². The summed E-state index contributed by atoms with van der Waals surface area (Å²) in [6.07, 6.45) is 0. The van der Waals surface area contributed by atoms with Crippen molar-refractivity contribution in [3.63, 3.8) is 0 Å². The third-order valence-electron chi connectivity index (χ3n) is 5.62. The molecule has 0 aliphatic carbocycles. The van der Waals surface area contributed by atoms with Gasteiger partial charge in [-0.25, -0.2) is 0 Å². The molecule has 12 heteroatoms. The summed E-state index contributed by atoms with van der Waals surface area (Å²) in [4.78, 5) is 30.0. The number of aryl methyl sites for hydroxylation is 1. The van der Waals surface area contributed by atoms with Gasteiger partial charge in [0.15, 0.2) is 0 Å². The summed E-state index contributed by atoms with van der Waals surface area (Å²) in [5.41, 5.74) is 0.363. The second kappa shape index (κ2) is 9.94. The molecule has 1 N–H and O–H groups in total. The van der Waals surface area contributed by atoms with Crippen LogP contribution < -0.4 is 10.3 Å². The summed E-state index contributed by atoms with van der Waals surface area (Å²) in [7, 11) is 1.54. The number of nitriles is 1. The van der Waals surface area contributed by atoms with E-state index in [1.165, 1.54) is 17.0 Å². The van der Waals surface area contributed by atoms with Crippen molar-refractivity contribution in [3.05, 3.63) is 84.2 Å². The third kappa shape index (κ3) is 4.91. The van der Waals surface area contributed by atoms with E-state index in [0.717, 1.165) is 34.5 Å². The molecule has 0 spiro atoms. The van der Waals surface area contributed by atoms with Gasteiger partial charge in [0, 0.05) is 18.0 Å². The summed E-state index contributed by atoms with van der Waals surface area (Å²) in [5.74, 6) is -0.0211. The smallest absolute Gasteiger partial charge is 0.362 e. The average Bonchev–Trinajstić information content (AvgIpc) is 3.22. The standard InChI is InChI=1S/C24H16Cl3F2N3O3S/c1-11-5-13-9-32(10-14(13)6-16(11)35-2)23(34)19-17(7-18(24(27,28)29)31-22(19)33)36-21-15(25)4-3-12(8-30)20(21)26/h3-7H,9-10H2,1-2H3,(H,31,33). The van der Waals surface area contributed by atoms with Crippen LogP contribution in [0.5, 0.6) is 5.75 Å². The lowest BCUT2D eigenvalue weighted by atomic mass is 10.1. The van der Waals surface area contributed by atoms with Crippen molar-refractivity contribution < 1.29 is 18.3 Å². The Morgan fingerprint density at radius 1 is 1.22 bits per heavy atom. The summed E-state index contributed by atoms with van der Waals surface area (Å²) in [6.45, 7) is 2.27. The van der Waals surface area contributed by atoms with Gasteiger partial charge in [-0.1, -0.05) is 41.0 Å². The number of halogens is 5. The first-order chi connectivity index (χ1) is 16.9. The lowest BCUT2D eigenvalue weighted by Gasteiger charge is -2.19. The lowest BCUT2D eigenvalue weighted by molar-refractivity contribution is 0.0740. The van der Waals surface area contributed by atoms with Crippen LogP contribution in [0.4, 0.5) is 8.78 Å². The topological polar surface area (TPSA) is 86.2 Å². The molecule has 186 valence electrons. The van der Waals surface area contributed by atoms with E-state index in [-0.39, 0.29) is 44.1 Å². The lowest BCUT2D eigenvalue weighted by Crippen LogP contribution is -2.32. The summed E-state index contributed by atoms with van der Waals surface area (Å²) in [6, 6.07) is 9.34. The van der Waals surface area contributed by atoms with Gasteiger partial charge >= 0.3 is 5.38 Å². The van der Waals surface area contributed by atoms with Crippen LogP contribution in [0, 0.1) is 18.3 Å². The number of carbonyl (C=O) groups is 1. The highest BCUT2D eigenvalue weighted by Gasteiger charge is 2.34. The van der Waals surface area contributed by atoms with Crippen LogP contribution >= 0.6 is 46.6 Å². The first-order valence-electron chi connectivity index (χ1n) is 10.3. The SMILES string of the molecule is COc1cc2c(cc1C)CN(C(=O)c1c(Sc3c(Cl)ccc(C#N)c3Cl)cc(C(F)(F)Cl)[nH]c1=O)C2. The molecule has 6 nitrogen and oxygen atoms in total. The Morgan fingerprint density at radius 3 is 2.50 bits per heavy atom. The van der Waals surface area contributed by atoms with Crippen molar-refractivity contribution in [1.82, 2.24) is 9.88 Å². The first kappa shape index (κ1) is 26.3. The molecule has 2 heterocycles. The number of hydrogen-bond acceptors (Lipinski definition) is 5. The van der Waals surface area contributed by atoms with Crippen molar-refractivity contribution in [1.29, 1.82) is 5.26 Å². The molecule has 0 unspecified atom stereocenters. The Morgan fingerprint density at radius 2 is 1.89 bits per heavy atom. The van der Waals surface area contributed by atoms with Crippen molar-refractivity contribution in [2.24, 2.45) is 0 Å². The van der Waals surface area contributed by atoms with Gasteiger partial charge in [-0.2, -0.15) is 14.0 Å². The third-order valence-corrected chi connectivity index (χ3v) is 7.93. The molecular weight excluding hydrogens is 555 g/mol. The van der Waals surface area contributed by atoms with Crippen LogP contribution in [0.25, 0.3) is 0 Å². The number of carbonyl (C=O) groups excluding carboxylic acids is 1. The molecule has 3 aromatic rings. The fourth-order valence-corrected chi connectivity index (χ4v) is 5.66. The molecule has 1 aliphatic rings. The van der Waals surface area contributed by atoms with Gasteiger partial charge in [0.05, 0.1) is 27.6 Å². The van der Waals surface area contributed by atoms with E-state index in [0.29, 0.717) is 5.75 Å². The molecule has 0 fully saturated rings. The van der Waals surface area contributed by atoms with Gasteiger partial charge in [0.25, 0.3) is 11.5 Å². The van der Waals surface area contributed by atoms with Gasteiger partial charge in [0.1, 0.15) is 23.1 Å². The van der Waals surface area contributed by atoms with E-state index in [2.05, 4.69) is 0 Å². The second-order valence-electron chi connectivity index (χ2n) is 7.95. The minimum absolute atomic E-state index is 0.0380. The fourth-order valence-electron chi connectivity index (χ4n) is 3.87. The molecule has 0 saturated heterocycles. The maximum atomic E-state index is 13.9. The number of benzene rings is 2. The maximum Gasteiger partial charge on any atom is 0.362 e. The number of alkyl halides is 3. The van der Waals surface area contributed by atoms with E-state index in [4.69, 9.17) is 39.5 Å².